The van der Waals surface area contributed by atoms with Crippen LogP contribution in [0.1, 0.15) is 19.8 Å². The van der Waals surface area contributed by atoms with Crippen molar-refractivity contribution in [3.8, 4) is 0 Å². The third kappa shape index (κ3) is 2.03. The summed E-state index contributed by atoms with van der Waals surface area (Å²) in [5.41, 5.74) is 0. The molecule has 2 bridgehead atoms. The molecule has 76 valence electrons. The van der Waals surface area contributed by atoms with Crippen molar-refractivity contribution in [2.24, 2.45) is 0 Å². The number of hydrogen-bond acceptors (Lipinski definition) is 3. The van der Waals surface area contributed by atoms with E-state index in [0.717, 1.165) is 26.2 Å². The van der Waals surface area contributed by atoms with Gasteiger partial charge < -0.3 is 5.11 Å². The first-order valence-corrected chi connectivity index (χ1v) is 5.44. The molecule has 0 aromatic carbocycles. The summed E-state index contributed by atoms with van der Waals surface area (Å²) in [6, 6.07) is 0.705. The van der Waals surface area contributed by atoms with Gasteiger partial charge in [-0.3, -0.25) is 9.80 Å². The van der Waals surface area contributed by atoms with Gasteiger partial charge in [-0.1, -0.05) is 13.3 Å². The third-order valence-corrected chi connectivity index (χ3v) is 3.22. The molecule has 3 heteroatoms. The molecule has 3 nitrogen and oxygen atoms in total. The smallest absolute Gasteiger partial charge is 0.0793 e. The van der Waals surface area contributed by atoms with Crippen LogP contribution in [-0.4, -0.2) is 59.8 Å². The fraction of sp³-hybridized carbons (Fsp3) is 1.00. The highest BCUT2D eigenvalue weighted by molar-refractivity contribution is 4.88. The molecule has 4 unspecified atom stereocenters. The molecule has 0 aromatic rings. The van der Waals surface area contributed by atoms with Crippen LogP contribution in [0.2, 0.25) is 0 Å². The Labute approximate surface area is 80.3 Å². The minimum atomic E-state index is -0.121. The van der Waals surface area contributed by atoms with E-state index in [2.05, 4.69) is 16.7 Å². The zero-order valence-electron chi connectivity index (χ0n) is 8.45. The van der Waals surface area contributed by atoms with Crippen molar-refractivity contribution in [1.29, 1.82) is 0 Å². The van der Waals surface area contributed by atoms with E-state index in [1.807, 2.05) is 0 Å². The van der Waals surface area contributed by atoms with E-state index < -0.39 is 0 Å². The standard InChI is InChI=1S/C10H20N2O/c1-2-3-9-6-11-4-5-12(9)8-10(13)7-11/h9-10,13H,2-8H2,1H3. The number of aliphatic hydroxyl groups is 1. The molecule has 3 saturated heterocycles. The van der Waals surface area contributed by atoms with Gasteiger partial charge in [0.1, 0.15) is 0 Å². The van der Waals surface area contributed by atoms with Gasteiger partial charge in [0.25, 0.3) is 0 Å². The first-order chi connectivity index (χ1) is 6.29. The number of piperazine rings is 1. The van der Waals surface area contributed by atoms with Crippen molar-refractivity contribution in [2.75, 3.05) is 32.7 Å². The Morgan fingerprint density at radius 2 is 2.08 bits per heavy atom. The summed E-state index contributed by atoms with van der Waals surface area (Å²) < 4.78 is 0. The lowest BCUT2D eigenvalue weighted by Gasteiger charge is -2.37. The quantitative estimate of drug-likeness (QED) is 0.661. The molecule has 0 aliphatic carbocycles. The predicted molar refractivity (Wildman–Crippen MR) is 52.7 cm³/mol. The maximum atomic E-state index is 9.67. The van der Waals surface area contributed by atoms with Crippen LogP contribution in [0.15, 0.2) is 0 Å². The summed E-state index contributed by atoms with van der Waals surface area (Å²) in [5, 5.41) is 9.67. The molecule has 0 aromatic heterocycles. The average Bonchev–Trinajstić information content (AvgIpc) is 2.34. The van der Waals surface area contributed by atoms with E-state index in [0.29, 0.717) is 6.04 Å². The highest BCUT2D eigenvalue weighted by Crippen LogP contribution is 2.18. The minimum absolute atomic E-state index is 0.121. The molecule has 3 aliphatic rings. The van der Waals surface area contributed by atoms with Gasteiger partial charge in [0.05, 0.1) is 6.10 Å². The fourth-order valence-corrected chi connectivity index (χ4v) is 2.60. The molecule has 13 heavy (non-hydrogen) atoms. The molecular weight excluding hydrogens is 164 g/mol. The van der Waals surface area contributed by atoms with E-state index in [4.69, 9.17) is 0 Å². The first-order valence-electron chi connectivity index (χ1n) is 5.44. The van der Waals surface area contributed by atoms with Gasteiger partial charge in [-0.15, -0.1) is 0 Å². The van der Waals surface area contributed by atoms with Gasteiger partial charge >= 0.3 is 0 Å². The second-order valence-electron chi connectivity index (χ2n) is 4.35. The minimum Gasteiger partial charge on any atom is -0.390 e. The Balaban J connectivity index is 2.01. The number of hydrogen-bond donors (Lipinski definition) is 1. The number of rotatable bonds is 2. The molecule has 0 radical (unpaired) electrons. The van der Waals surface area contributed by atoms with E-state index in [1.54, 1.807) is 0 Å². The molecular formula is C10H20N2O. The molecule has 3 fully saturated rings. The van der Waals surface area contributed by atoms with Gasteiger partial charge in [0.15, 0.2) is 0 Å². The molecule has 0 spiro atoms. The average molecular weight is 184 g/mol. The van der Waals surface area contributed by atoms with Crippen LogP contribution in [0.4, 0.5) is 0 Å². The Morgan fingerprint density at radius 1 is 1.23 bits per heavy atom. The summed E-state index contributed by atoms with van der Waals surface area (Å²) in [6.07, 6.45) is 2.42. The van der Waals surface area contributed by atoms with Crippen molar-refractivity contribution in [3.63, 3.8) is 0 Å². The number of aliphatic hydroxyl groups excluding tert-OH is 1. The van der Waals surface area contributed by atoms with Crippen molar-refractivity contribution in [1.82, 2.24) is 9.80 Å². The summed E-state index contributed by atoms with van der Waals surface area (Å²) in [4.78, 5) is 4.88. The van der Waals surface area contributed by atoms with Gasteiger partial charge in [-0.05, 0) is 6.42 Å². The lowest BCUT2D eigenvalue weighted by Crippen LogP contribution is -2.49. The first kappa shape index (κ1) is 9.44. The molecule has 3 rings (SSSR count). The zero-order chi connectivity index (χ0) is 9.26. The zero-order valence-corrected chi connectivity index (χ0v) is 8.45. The Morgan fingerprint density at radius 3 is 2.85 bits per heavy atom. The summed E-state index contributed by atoms with van der Waals surface area (Å²) in [5.74, 6) is 0. The van der Waals surface area contributed by atoms with E-state index in [1.165, 1.54) is 19.4 Å². The molecule has 3 heterocycles. The molecule has 3 aliphatic heterocycles. The van der Waals surface area contributed by atoms with Crippen LogP contribution in [0, 0.1) is 0 Å². The topological polar surface area (TPSA) is 26.7 Å². The van der Waals surface area contributed by atoms with Crippen molar-refractivity contribution < 1.29 is 5.11 Å². The van der Waals surface area contributed by atoms with Crippen LogP contribution in [0.3, 0.4) is 0 Å². The second kappa shape index (κ2) is 3.95. The third-order valence-electron chi connectivity index (χ3n) is 3.22. The Bertz CT molecular complexity index is 174. The summed E-state index contributed by atoms with van der Waals surface area (Å²) >= 11 is 0. The molecule has 4 atom stereocenters. The Hall–Kier alpha value is -0.120. The second-order valence-corrected chi connectivity index (χ2v) is 4.35. The monoisotopic (exact) mass is 184 g/mol. The molecule has 0 amide bonds. The predicted octanol–water partition coefficient (Wildman–Crippen LogP) is 0.147. The van der Waals surface area contributed by atoms with Crippen LogP contribution in [0.5, 0.6) is 0 Å². The largest absolute Gasteiger partial charge is 0.390 e. The van der Waals surface area contributed by atoms with Crippen molar-refractivity contribution >= 4 is 0 Å². The van der Waals surface area contributed by atoms with E-state index in [-0.39, 0.29) is 6.10 Å². The highest BCUT2D eigenvalue weighted by Gasteiger charge is 2.32. The van der Waals surface area contributed by atoms with Crippen molar-refractivity contribution in [2.45, 2.75) is 31.9 Å². The number of nitrogens with zero attached hydrogens (tertiary/aromatic N) is 2. The van der Waals surface area contributed by atoms with E-state index >= 15 is 0 Å². The van der Waals surface area contributed by atoms with Crippen LogP contribution >= 0.6 is 0 Å². The molecule has 0 saturated carbocycles. The maximum absolute atomic E-state index is 9.67. The summed E-state index contributed by atoms with van der Waals surface area (Å²) in [6.45, 7) is 7.49. The van der Waals surface area contributed by atoms with Gasteiger partial charge in [-0.2, -0.15) is 0 Å². The van der Waals surface area contributed by atoms with Gasteiger partial charge in [0, 0.05) is 38.8 Å². The lowest BCUT2D eigenvalue weighted by atomic mass is 10.1. The molecule has 1 N–H and O–H groups in total. The SMILES string of the molecule is CCCC1CN2CCN1CC(O)C2. The van der Waals surface area contributed by atoms with Crippen LogP contribution < -0.4 is 0 Å². The highest BCUT2D eigenvalue weighted by atomic mass is 16.3. The van der Waals surface area contributed by atoms with E-state index in [9.17, 15) is 5.11 Å². The van der Waals surface area contributed by atoms with Gasteiger partial charge in [0.2, 0.25) is 0 Å². The summed E-state index contributed by atoms with van der Waals surface area (Å²) in [7, 11) is 0. The normalized spacial score (nSPS) is 44.8. The Kier molecular flexibility index (Phi) is 2.86. The lowest BCUT2D eigenvalue weighted by molar-refractivity contribution is 0.102. The van der Waals surface area contributed by atoms with Crippen molar-refractivity contribution in [3.05, 3.63) is 0 Å². The number of fused-ring (bicyclic) bond motifs is 4. The fourth-order valence-electron chi connectivity index (χ4n) is 2.60. The van der Waals surface area contributed by atoms with Gasteiger partial charge in [-0.25, -0.2) is 0 Å². The maximum Gasteiger partial charge on any atom is 0.0793 e. The van der Waals surface area contributed by atoms with Crippen LogP contribution in [0.25, 0.3) is 0 Å². The van der Waals surface area contributed by atoms with Crippen LogP contribution in [-0.2, 0) is 0 Å².